The third kappa shape index (κ3) is 8.33. The summed E-state index contributed by atoms with van der Waals surface area (Å²) in [7, 11) is 1.71. The quantitative estimate of drug-likeness (QED) is 0.369. The van der Waals surface area contributed by atoms with Gasteiger partial charge in [-0.2, -0.15) is 24.9 Å². The largest absolute Gasteiger partial charge is 0.417 e. The maximum absolute atomic E-state index is 12.5. The summed E-state index contributed by atoms with van der Waals surface area (Å²) in [5.74, 6) is 1.16. The van der Waals surface area contributed by atoms with E-state index in [9.17, 15) is 13.2 Å². The van der Waals surface area contributed by atoms with Crippen LogP contribution in [0.1, 0.15) is 25.8 Å². The molecule has 0 radical (unpaired) electrons. The number of guanidine groups is 1. The molecule has 1 rings (SSSR count). The van der Waals surface area contributed by atoms with Gasteiger partial charge in [0.25, 0.3) is 0 Å². The number of halogens is 3. The molecule has 0 aromatic carbocycles. The molecule has 0 unspecified atom stereocenters. The number of pyridine rings is 1. The van der Waals surface area contributed by atoms with E-state index in [2.05, 4.69) is 46.0 Å². The molecule has 0 aliphatic carbocycles. The number of thioether (sulfide) groups is 1. The number of rotatable bonds is 8. The highest BCUT2D eigenvalue weighted by Gasteiger charge is 2.30. The molecule has 0 bridgehead atoms. The summed E-state index contributed by atoms with van der Waals surface area (Å²) in [5, 5.41) is 9.47. The maximum atomic E-state index is 12.5. The first-order valence-electron chi connectivity index (χ1n) is 7.95. The van der Waals surface area contributed by atoms with Crippen LogP contribution in [0.3, 0.4) is 0 Å². The van der Waals surface area contributed by atoms with Gasteiger partial charge in [-0.1, -0.05) is 0 Å². The van der Waals surface area contributed by atoms with Gasteiger partial charge in [0.1, 0.15) is 5.82 Å². The van der Waals surface area contributed by atoms with E-state index in [0.29, 0.717) is 18.9 Å². The van der Waals surface area contributed by atoms with Gasteiger partial charge in [0.05, 0.1) is 5.56 Å². The molecule has 0 saturated carbocycles. The van der Waals surface area contributed by atoms with E-state index >= 15 is 0 Å². The first kappa shape index (κ1) is 21.4. The first-order chi connectivity index (χ1) is 11.7. The topological polar surface area (TPSA) is 61.3 Å². The number of nitrogens with one attached hydrogen (secondary N) is 3. The third-order valence-electron chi connectivity index (χ3n) is 3.50. The molecular weight excluding hydrogens is 351 g/mol. The fraction of sp³-hybridized carbons (Fsp3) is 0.625. The molecule has 0 aliphatic rings. The van der Waals surface area contributed by atoms with E-state index in [4.69, 9.17) is 0 Å². The van der Waals surface area contributed by atoms with Crippen molar-refractivity contribution in [3.63, 3.8) is 0 Å². The molecule has 1 aromatic heterocycles. The SMILES string of the molecule is CN=C(NCCCNc1ccc(C(F)(F)F)cn1)NCC(C)(C)SC. The summed E-state index contributed by atoms with van der Waals surface area (Å²) in [4.78, 5) is 7.93. The van der Waals surface area contributed by atoms with Crippen LogP contribution in [0, 0.1) is 0 Å². The van der Waals surface area contributed by atoms with Crippen LogP contribution in [0.2, 0.25) is 0 Å². The van der Waals surface area contributed by atoms with E-state index in [0.717, 1.165) is 31.2 Å². The lowest BCUT2D eigenvalue weighted by molar-refractivity contribution is -0.137. The standard InChI is InChI=1S/C16H26F3N5S/c1-15(2,25-4)11-24-14(20-3)22-9-5-8-21-13-7-6-12(10-23-13)16(17,18)19/h6-7,10H,5,8-9,11H2,1-4H3,(H,21,23)(H2,20,22,24). The normalized spacial score (nSPS) is 12.8. The molecule has 0 fully saturated rings. The fourth-order valence-corrected chi connectivity index (χ4v) is 1.98. The molecule has 25 heavy (non-hydrogen) atoms. The summed E-state index contributed by atoms with van der Waals surface area (Å²) in [6.45, 7) is 6.38. The lowest BCUT2D eigenvalue weighted by atomic mass is 10.2. The van der Waals surface area contributed by atoms with Crippen LogP contribution in [-0.2, 0) is 6.18 Å². The molecule has 0 saturated heterocycles. The summed E-state index contributed by atoms with van der Waals surface area (Å²) in [6.07, 6.45) is -0.683. The molecule has 3 N–H and O–H groups in total. The number of nitrogens with zero attached hydrogens (tertiary/aromatic N) is 2. The van der Waals surface area contributed by atoms with Gasteiger partial charge in [0, 0.05) is 37.6 Å². The fourth-order valence-electron chi connectivity index (χ4n) is 1.77. The minimum absolute atomic E-state index is 0.118. The van der Waals surface area contributed by atoms with Crippen molar-refractivity contribution in [3.05, 3.63) is 23.9 Å². The number of hydrogen-bond donors (Lipinski definition) is 3. The smallest absolute Gasteiger partial charge is 0.370 e. The maximum Gasteiger partial charge on any atom is 0.417 e. The predicted octanol–water partition coefficient (Wildman–Crippen LogP) is 3.21. The molecule has 1 aromatic rings. The van der Waals surface area contributed by atoms with Crippen LogP contribution >= 0.6 is 11.8 Å². The Morgan fingerprint density at radius 1 is 1.20 bits per heavy atom. The van der Waals surface area contributed by atoms with Crippen molar-refractivity contribution in [2.45, 2.75) is 31.2 Å². The molecule has 0 spiro atoms. The van der Waals surface area contributed by atoms with Gasteiger partial charge < -0.3 is 16.0 Å². The second-order valence-electron chi connectivity index (χ2n) is 6.03. The number of aromatic nitrogens is 1. The van der Waals surface area contributed by atoms with Crippen molar-refractivity contribution < 1.29 is 13.2 Å². The van der Waals surface area contributed by atoms with Crippen molar-refractivity contribution >= 4 is 23.5 Å². The third-order valence-corrected chi connectivity index (χ3v) is 4.75. The lowest BCUT2D eigenvalue weighted by Crippen LogP contribution is -2.43. The Morgan fingerprint density at radius 3 is 2.44 bits per heavy atom. The van der Waals surface area contributed by atoms with Crippen LogP contribution < -0.4 is 16.0 Å². The monoisotopic (exact) mass is 377 g/mol. The Kier molecular flexibility index (Phi) is 8.34. The Labute approximate surface area is 151 Å². The van der Waals surface area contributed by atoms with Gasteiger partial charge in [0.15, 0.2) is 5.96 Å². The molecule has 1 heterocycles. The Hall–Kier alpha value is -1.64. The van der Waals surface area contributed by atoms with Crippen molar-refractivity contribution in [2.24, 2.45) is 4.99 Å². The average Bonchev–Trinajstić information content (AvgIpc) is 2.57. The van der Waals surface area contributed by atoms with E-state index < -0.39 is 11.7 Å². The van der Waals surface area contributed by atoms with Crippen LogP contribution in [0.5, 0.6) is 0 Å². The molecular formula is C16H26F3N5S. The van der Waals surface area contributed by atoms with E-state index in [1.807, 2.05) is 0 Å². The highest BCUT2D eigenvalue weighted by atomic mass is 32.2. The summed E-state index contributed by atoms with van der Waals surface area (Å²) in [6, 6.07) is 2.36. The number of hydrogen-bond acceptors (Lipinski definition) is 4. The molecule has 0 amide bonds. The van der Waals surface area contributed by atoms with Gasteiger partial charge in [-0.15, -0.1) is 0 Å². The highest BCUT2D eigenvalue weighted by Crippen LogP contribution is 2.28. The van der Waals surface area contributed by atoms with Gasteiger partial charge in [-0.05, 0) is 38.7 Å². The van der Waals surface area contributed by atoms with E-state index in [-0.39, 0.29) is 4.75 Å². The Balaban J connectivity index is 2.27. The van der Waals surface area contributed by atoms with E-state index in [1.54, 1.807) is 18.8 Å². The lowest BCUT2D eigenvalue weighted by Gasteiger charge is -2.23. The van der Waals surface area contributed by atoms with Gasteiger partial charge in [-0.3, -0.25) is 4.99 Å². The van der Waals surface area contributed by atoms with Crippen LogP contribution in [0.4, 0.5) is 19.0 Å². The van der Waals surface area contributed by atoms with Gasteiger partial charge in [0.2, 0.25) is 0 Å². The molecule has 9 heteroatoms. The highest BCUT2D eigenvalue weighted by molar-refractivity contribution is 7.99. The molecule has 0 atom stereocenters. The second kappa shape index (κ2) is 9.74. The van der Waals surface area contributed by atoms with Crippen LogP contribution in [-0.4, -0.2) is 48.6 Å². The minimum Gasteiger partial charge on any atom is -0.370 e. The van der Waals surface area contributed by atoms with Crippen molar-refractivity contribution in [2.75, 3.05) is 38.3 Å². The zero-order valence-corrected chi connectivity index (χ0v) is 15.8. The van der Waals surface area contributed by atoms with Gasteiger partial charge >= 0.3 is 6.18 Å². The molecule has 0 aliphatic heterocycles. The second-order valence-corrected chi connectivity index (χ2v) is 7.54. The van der Waals surface area contributed by atoms with Crippen molar-refractivity contribution in [3.8, 4) is 0 Å². The number of aliphatic imine (C=N–C) groups is 1. The first-order valence-corrected chi connectivity index (χ1v) is 9.17. The Morgan fingerprint density at radius 2 is 1.92 bits per heavy atom. The molecule has 5 nitrogen and oxygen atoms in total. The predicted molar refractivity (Wildman–Crippen MR) is 99.3 cm³/mol. The van der Waals surface area contributed by atoms with Crippen LogP contribution in [0.25, 0.3) is 0 Å². The number of anilines is 1. The van der Waals surface area contributed by atoms with Gasteiger partial charge in [-0.25, -0.2) is 4.98 Å². The zero-order chi connectivity index (χ0) is 18.9. The molecule has 142 valence electrons. The average molecular weight is 377 g/mol. The van der Waals surface area contributed by atoms with Crippen LogP contribution in [0.15, 0.2) is 23.3 Å². The van der Waals surface area contributed by atoms with E-state index in [1.165, 1.54) is 6.07 Å². The van der Waals surface area contributed by atoms with Crippen molar-refractivity contribution in [1.82, 2.24) is 15.6 Å². The Bertz CT molecular complexity index is 544. The summed E-state index contributed by atoms with van der Waals surface area (Å²) < 4.78 is 37.5. The summed E-state index contributed by atoms with van der Waals surface area (Å²) >= 11 is 1.78. The van der Waals surface area contributed by atoms with Crippen molar-refractivity contribution in [1.29, 1.82) is 0 Å². The minimum atomic E-state index is -4.36. The summed E-state index contributed by atoms with van der Waals surface area (Å²) in [5.41, 5.74) is -0.747. The number of alkyl halides is 3. The zero-order valence-electron chi connectivity index (χ0n) is 15.0.